The van der Waals surface area contributed by atoms with Gasteiger partial charge in [-0.3, -0.25) is 4.79 Å². The summed E-state index contributed by atoms with van der Waals surface area (Å²) in [5, 5.41) is 0. The van der Waals surface area contributed by atoms with Gasteiger partial charge in [0.15, 0.2) is 11.6 Å². The molecule has 2 N–H and O–H groups in total. The van der Waals surface area contributed by atoms with Crippen LogP contribution < -0.4 is 10.5 Å². The number of hydrogen-bond donors (Lipinski definition) is 1. The topological polar surface area (TPSA) is 61.5 Å². The smallest absolute Gasteiger partial charge is 0.314 e. The number of rotatable bonds is 1. The largest absolute Gasteiger partial charge is 0.492 e. The first-order valence-electron chi connectivity index (χ1n) is 6.77. The zero-order chi connectivity index (χ0) is 15.8. The maximum Gasteiger partial charge on any atom is 0.314 e. The van der Waals surface area contributed by atoms with E-state index in [-0.39, 0.29) is 24.3 Å². The molecule has 0 saturated heterocycles. The highest BCUT2D eigenvalue weighted by molar-refractivity contribution is 5.79. The van der Waals surface area contributed by atoms with E-state index in [1.807, 2.05) is 0 Å². The molecule has 2 rings (SSSR count). The van der Waals surface area contributed by atoms with E-state index < -0.39 is 35.2 Å². The summed E-state index contributed by atoms with van der Waals surface area (Å²) in [4.78, 5) is 12.3. The lowest BCUT2D eigenvalue weighted by Crippen LogP contribution is -2.32. The molecule has 0 amide bonds. The minimum atomic E-state index is -1.03. The fraction of sp³-hybridized carbons (Fsp3) is 0.533. The van der Waals surface area contributed by atoms with E-state index in [0.29, 0.717) is 0 Å². The van der Waals surface area contributed by atoms with Crippen molar-refractivity contribution in [2.45, 2.75) is 44.8 Å². The molecule has 21 heavy (non-hydrogen) atoms. The molecule has 1 aliphatic rings. The Morgan fingerprint density at radius 1 is 1.33 bits per heavy atom. The van der Waals surface area contributed by atoms with E-state index in [0.717, 1.165) is 12.1 Å². The summed E-state index contributed by atoms with van der Waals surface area (Å²) < 4.78 is 37.5. The molecule has 116 valence electrons. The van der Waals surface area contributed by atoms with Crippen LogP contribution in [0, 0.1) is 11.6 Å². The van der Waals surface area contributed by atoms with Gasteiger partial charge >= 0.3 is 5.97 Å². The van der Waals surface area contributed by atoms with Crippen LogP contribution in [0.2, 0.25) is 0 Å². The fourth-order valence-corrected chi connectivity index (χ4v) is 2.23. The van der Waals surface area contributed by atoms with E-state index in [9.17, 15) is 13.6 Å². The van der Waals surface area contributed by atoms with Crippen molar-refractivity contribution in [3.05, 3.63) is 29.3 Å². The third kappa shape index (κ3) is 3.69. The number of nitrogens with two attached hydrogens (primary N) is 1. The number of ether oxygens (including phenoxy) is 2. The van der Waals surface area contributed by atoms with E-state index in [2.05, 4.69) is 0 Å². The van der Waals surface area contributed by atoms with Crippen LogP contribution in [0.1, 0.15) is 38.7 Å². The Kier molecular flexibility index (Phi) is 4.18. The number of esters is 1. The van der Waals surface area contributed by atoms with Crippen LogP contribution in [0.5, 0.6) is 5.75 Å². The molecule has 4 nitrogen and oxygen atoms in total. The highest BCUT2D eigenvalue weighted by atomic mass is 19.2. The van der Waals surface area contributed by atoms with Gasteiger partial charge in [-0.25, -0.2) is 8.78 Å². The molecule has 6 heteroatoms. The van der Waals surface area contributed by atoms with Crippen molar-refractivity contribution in [2.24, 2.45) is 5.73 Å². The summed E-state index contributed by atoms with van der Waals surface area (Å²) >= 11 is 0. The zero-order valence-electron chi connectivity index (χ0n) is 12.3. The van der Waals surface area contributed by atoms with Crippen molar-refractivity contribution in [2.75, 3.05) is 6.61 Å². The number of hydrogen-bond acceptors (Lipinski definition) is 4. The predicted molar refractivity (Wildman–Crippen MR) is 73.0 cm³/mol. The standard InChI is InChI=1S/C15H19F2NO3/c1-15(2,3)21-14(19)10-4-8(18)7-20-13-6-12(17)11(16)5-9(10)13/h5-6,8,10H,4,7,18H2,1-3H3. The third-order valence-electron chi connectivity index (χ3n) is 3.11. The van der Waals surface area contributed by atoms with E-state index in [4.69, 9.17) is 15.2 Å². The van der Waals surface area contributed by atoms with Crippen molar-refractivity contribution in [1.82, 2.24) is 0 Å². The molecule has 2 atom stereocenters. The second kappa shape index (κ2) is 5.60. The van der Waals surface area contributed by atoms with Crippen LogP contribution in [-0.4, -0.2) is 24.2 Å². The highest BCUT2D eigenvalue weighted by Crippen LogP contribution is 2.36. The molecular formula is C15H19F2NO3. The minimum absolute atomic E-state index is 0.136. The summed E-state index contributed by atoms with van der Waals surface area (Å²) in [7, 11) is 0. The zero-order valence-corrected chi connectivity index (χ0v) is 12.3. The average molecular weight is 299 g/mol. The lowest BCUT2D eigenvalue weighted by molar-refractivity contribution is -0.157. The van der Waals surface area contributed by atoms with Crippen LogP contribution in [0.15, 0.2) is 12.1 Å². The molecular weight excluding hydrogens is 280 g/mol. The number of carbonyl (C=O) groups excluding carboxylic acids is 1. The number of halogens is 2. The molecule has 0 saturated carbocycles. The Morgan fingerprint density at radius 3 is 2.57 bits per heavy atom. The molecule has 0 aromatic heterocycles. The molecule has 0 spiro atoms. The van der Waals surface area contributed by atoms with Crippen molar-refractivity contribution < 1.29 is 23.0 Å². The number of benzene rings is 1. The van der Waals surface area contributed by atoms with Crippen molar-refractivity contribution in [3.8, 4) is 5.75 Å². The minimum Gasteiger partial charge on any atom is -0.492 e. The molecule has 0 radical (unpaired) electrons. The summed E-state index contributed by atoms with van der Waals surface area (Å²) in [6.07, 6.45) is 0.257. The van der Waals surface area contributed by atoms with Gasteiger partial charge in [-0.05, 0) is 33.3 Å². The molecule has 0 bridgehead atoms. The predicted octanol–water partition coefficient (Wildman–Crippen LogP) is 2.50. The molecule has 0 aliphatic carbocycles. The van der Waals surface area contributed by atoms with Crippen molar-refractivity contribution in [3.63, 3.8) is 0 Å². The molecule has 1 heterocycles. The van der Waals surface area contributed by atoms with Gasteiger partial charge in [0.25, 0.3) is 0 Å². The molecule has 1 aromatic carbocycles. The van der Waals surface area contributed by atoms with Gasteiger partial charge in [0.05, 0.1) is 5.92 Å². The summed E-state index contributed by atoms with van der Waals surface area (Å²) in [5.74, 6) is -3.20. The second-order valence-electron chi connectivity index (χ2n) is 6.20. The quantitative estimate of drug-likeness (QED) is 0.809. The van der Waals surface area contributed by atoms with Crippen LogP contribution in [-0.2, 0) is 9.53 Å². The Hall–Kier alpha value is -1.69. The Morgan fingerprint density at radius 2 is 1.95 bits per heavy atom. The van der Waals surface area contributed by atoms with Crippen molar-refractivity contribution >= 4 is 5.97 Å². The molecule has 0 fully saturated rings. The average Bonchev–Trinajstić information content (AvgIpc) is 2.49. The van der Waals surface area contributed by atoms with E-state index in [1.54, 1.807) is 20.8 Å². The number of carbonyl (C=O) groups is 1. The maximum atomic E-state index is 13.5. The number of fused-ring (bicyclic) bond motifs is 1. The van der Waals surface area contributed by atoms with Gasteiger partial charge in [-0.1, -0.05) is 0 Å². The normalized spacial score (nSPS) is 22.0. The second-order valence-corrected chi connectivity index (χ2v) is 6.20. The van der Waals surface area contributed by atoms with Gasteiger partial charge in [-0.15, -0.1) is 0 Å². The first-order chi connectivity index (χ1) is 9.67. The first kappa shape index (κ1) is 15.7. The van der Waals surface area contributed by atoms with Crippen LogP contribution in [0.3, 0.4) is 0 Å². The third-order valence-corrected chi connectivity index (χ3v) is 3.11. The van der Waals surface area contributed by atoms with Gasteiger partial charge in [0.2, 0.25) is 0 Å². The molecule has 2 unspecified atom stereocenters. The first-order valence-corrected chi connectivity index (χ1v) is 6.77. The van der Waals surface area contributed by atoms with E-state index >= 15 is 0 Å². The maximum absolute atomic E-state index is 13.5. The van der Waals surface area contributed by atoms with Gasteiger partial charge in [0.1, 0.15) is 18.0 Å². The summed E-state index contributed by atoms with van der Waals surface area (Å²) in [6.45, 7) is 5.36. The Bertz CT molecular complexity index is 555. The lowest BCUT2D eigenvalue weighted by Gasteiger charge is -2.24. The van der Waals surface area contributed by atoms with Crippen molar-refractivity contribution in [1.29, 1.82) is 0 Å². The Labute approximate surface area is 122 Å². The van der Waals surface area contributed by atoms with Crippen LogP contribution >= 0.6 is 0 Å². The lowest BCUT2D eigenvalue weighted by atomic mass is 9.92. The van der Waals surface area contributed by atoms with Gasteiger partial charge in [0, 0.05) is 17.7 Å². The van der Waals surface area contributed by atoms with Crippen LogP contribution in [0.25, 0.3) is 0 Å². The van der Waals surface area contributed by atoms with Gasteiger partial charge < -0.3 is 15.2 Å². The van der Waals surface area contributed by atoms with E-state index in [1.165, 1.54) is 0 Å². The van der Waals surface area contributed by atoms with Crippen LogP contribution in [0.4, 0.5) is 8.78 Å². The fourth-order valence-electron chi connectivity index (χ4n) is 2.23. The van der Waals surface area contributed by atoms with Gasteiger partial charge in [-0.2, -0.15) is 0 Å². The summed E-state index contributed by atoms with van der Waals surface area (Å²) in [5.41, 5.74) is 5.46. The molecule has 1 aromatic rings. The molecule has 1 aliphatic heterocycles. The summed E-state index contributed by atoms with van der Waals surface area (Å²) in [6, 6.07) is 1.51. The highest BCUT2D eigenvalue weighted by Gasteiger charge is 2.33. The Balaban J connectivity index is 2.40. The monoisotopic (exact) mass is 299 g/mol. The SMILES string of the molecule is CC(C)(C)OC(=O)C1CC(N)COc2cc(F)c(F)cc21.